The Bertz CT molecular complexity index is 373. The van der Waals surface area contributed by atoms with E-state index in [-0.39, 0.29) is 30.1 Å². The average molecular weight is 250 g/mol. The van der Waals surface area contributed by atoms with E-state index in [1.807, 2.05) is 0 Å². The first-order valence-corrected chi connectivity index (χ1v) is 4.44. The molecular weight excluding hydrogens is 237 g/mol. The third kappa shape index (κ3) is 3.36. The minimum atomic E-state index is -1.23. The molecule has 0 amide bonds. The molecule has 0 saturated heterocycles. The summed E-state index contributed by atoms with van der Waals surface area (Å²) in [4.78, 5) is 10.7. The first kappa shape index (κ1) is 14.7. The summed E-state index contributed by atoms with van der Waals surface area (Å²) in [5.74, 6) is -1.56. The van der Waals surface area contributed by atoms with Crippen LogP contribution in [0, 0.1) is 0 Å². The number of alkyl halides is 1. The average Bonchev–Trinajstić information content (AvgIpc) is 2.18. The molecule has 0 radical (unpaired) electrons. The summed E-state index contributed by atoms with van der Waals surface area (Å²) < 4.78 is 12.0. The van der Waals surface area contributed by atoms with Crippen LogP contribution >= 0.6 is 12.4 Å². The number of nitrogens with two attached hydrogens (primary N) is 1. The van der Waals surface area contributed by atoms with E-state index in [2.05, 4.69) is 0 Å². The molecule has 90 valence electrons. The van der Waals surface area contributed by atoms with Gasteiger partial charge in [-0.3, -0.25) is 4.39 Å². The summed E-state index contributed by atoms with van der Waals surface area (Å²) >= 11 is 0. The number of phenols is 1. The van der Waals surface area contributed by atoms with E-state index in [9.17, 15) is 14.3 Å². The van der Waals surface area contributed by atoms with Crippen molar-refractivity contribution in [1.82, 2.24) is 0 Å². The molecule has 0 bridgehead atoms. The molecule has 0 unspecified atom stereocenters. The minimum Gasteiger partial charge on any atom is -0.507 e. The molecule has 4 N–H and O–H groups in total. The normalized spacial score (nSPS) is 11.6. The van der Waals surface area contributed by atoms with E-state index >= 15 is 0 Å². The summed E-state index contributed by atoms with van der Waals surface area (Å²) in [6, 6.07) is 3.45. The number of rotatable bonds is 4. The lowest BCUT2D eigenvalue weighted by Crippen LogP contribution is -2.12. The predicted octanol–water partition coefficient (Wildman–Crippen LogP) is 1.87. The van der Waals surface area contributed by atoms with Crippen LogP contribution in [0.25, 0.3) is 0 Å². The molecule has 0 fully saturated rings. The van der Waals surface area contributed by atoms with Crippen LogP contribution in [0.2, 0.25) is 0 Å². The summed E-state index contributed by atoms with van der Waals surface area (Å²) in [7, 11) is 0. The standard InChI is InChI=1S/C10H12FNO3.ClH/c11-4-3-8(12)6-1-2-9(13)7(5-6)10(14)15;/h1-2,5,8,13H,3-4,12H2,(H,14,15);1H/t8-;/m1./s1. The molecule has 1 atom stereocenters. The van der Waals surface area contributed by atoms with Crippen LogP contribution in [-0.2, 0) is 0 Å². The summed E-state index contributed by atoms with van der Waals surface area (Å²) in [6.07, 6.45) is 0.129. The zero-order valence-electron chi connectivity index (χ0n) is 8.39. The van der Waals surface area contributed by atoms with Crippen molar-refractivity contribution in [2.45, 2.75) is 12.5 Å². The van der Waals surface area contributed by atoms with Gasteiger partial charge in [0, 0.05) is 6.04 Å². The molecule has 0 spiro atoms. The van der Waals surface area contributed by atoms with Gasteiger partial charge in [0.15, 0.2) is 0 Å². The maximum atomic E-state index is 12.0. The number of aromatic hydroxyl groups is 1. The van der Waals surface area contributed by atoms with Gasteiger partial charge in [-0.05, 0) is 24.1 Å². The molecule has 0 aliphatic heterocycles. The zero-order valence-corrected chi connectivity index (χ0v) is 9.21. The molecule has 0 heterocycles. The monoisotopic (exact) mass is 249 g/mol. The lowest BCUT2D eigenvalue weighted by atomic mass is 10.0. The molecule has 0 aliphatic carbocycles. The minimum absolute atomic E-state index is 0. The van der Waals surface area contributed by atoms with E-state index in [1.54, 1.807) is 0 Å². The van der Waals surface area contributed by atoms with Crippen molar-refractivity contribution < 1.29 is 19.4 Å². The Balaban J connectivity index is 0.00000225. The fourth-order valence-electron chi connectivity index (χ4n) is 1.24. The lowest BCUT2D eigenvalue weighted by Gasteiger charge is -2.11. The SMILES string of the molecule is Cl.N[C@H](CCF)c1ccc(O)c(C(=O)O)c1. The Morgan fingerprint density at radius 3 is 2.62 bits per heavy atom. The van der Waals surface area contributed by atoms with E-state index in [0.29, 0.717) is 5.56 Å². The van der Waals surface area contributed by atoms with Crippen LogP contribution in [0.5, 0.6) is 5.75 Å². The van der Waals surface area contributed by atoms with E-state index < -0.39 is 18.7 Å². The Morgan fingerprint density at radius 2 is 2.12 bits per heavy atom. The fraction of sp³-hybridized carbons (Fsp3) is 0.300. The largest absolute Gasteiger partial charge is 0.507 e. The fourth-order valence-corrected chi connectivity index (χ4v) is 1.24. The van der Waals surface area contributed by atoms with Gasteiger partial charge >= 0.3 is 5.97 Å². The number of aromatic carboxylic acids is 1. The van der Waals surface area contributed by atoms with Gasteiger partial charge in [0.2, 0.25) is 0 Å². The van der Waals surface area contributed by atoms with Crippen molar-refractivity contribution in [3.63, 3.8) is 0 Å². The van der Waals surface area contributed by atoms with Crippen LogP contribution in [0.1, 0.15) is 28.4 Å². The number of hydrogen-bond acceptors (Lipinski definition) is 3. The maximum Gasteiger partial charge on any atom is 0.339 e. The molecule has 1 aromatic carbocycles. The van der Waals surface area contributed by atoms with Crippen molar-refractivity contribution >= 4 is 18.4 Å². The second kappa shape index (κ2) is 6.30. The second-order valence-corrected chi connectivity index (χ2v) is 3.17. The molecule has 4 nitrogen and oxygen atoms in total. The van der Waals surface area contributed by atoms with Gasteiger partial charge in [-0.25, -0.2) is 4.79 Å². The van der Waals surface area contributed by atoms with Gasteiger partial charge in [0.05, 0.1) is 6.67 Å². The van der Waals surface area contributed by atoms with Gasteiger partial charge < -0.3 is 15.9 Å². The molecular formula is C10H13ClFNO3. The van der Waals surface area contributed by atoms with Crippen LogP contribution in [0.3, 0.4) is 0 Å². The third-order valence-corrected chi connectivity index (χ3v) is 2.10. The van der Waals surface area contributed by atoms with Crippen LogP contribution in [-0.4, -0.2) is 22.9 Å². The van der Waals surface area contributed by atoms with Gasteiger partial charge in [0.1, 0.15) is 11.3 Å². The highest BCUT2D eigenvalue weighted by molar-refractivity contribution is 5.90. The smallest absolute Gasteiger partial charge is 0.339 e. The molecule has 6 heteroatoms. The predicted molar refractivity (Wildman–Crippen MR) is 59.8 cm³/mol. The van der Waals surface area contributed by atoms with Crippen molar-refractivity contribution in [2.24, 2.45) is 5.73 Å². The summed E-state index contributed by atoms with van der Waals surface area (Å²) in [5.41, 5.74) is 5.89. The maximum absolute atomic E-state index is 12.0. The number of hydrogen-bond donors (Lipinski definition) is 3. The number of carbonyl (C=O) groups is 1. The summed E-state index contributed by atoms with van der Waals surface area (Å²) in [6.45, 7) is -0.565. The molecule has 0 aromatic heterocycles. The van der Waals surface area contributed by atoms with Crippen LogP contribution in [0.4, 0.5) is 4.39 Å². The molecule has 1 aromatic rings. The number of halogens is 2. The van der Waals surface area contributed by atoms with Crippen LogP contribution in [0.15, 0.2) is 18.2 Å². The number of carboxylic acid groups (broad SMARTS) is 1. The van der Waals surface area contributed by atoms with Crippen molar-refractivity contribution in [3.05, 3.63) is 29.3 Å². The Morgan fingerprint density at radius 1 is 1.50 bits per heavy atom. The van der Waals surface area contributed by atoms with Gasteiger partial charge in [-0.1, -0.05) is 6.07 Å². The Hall–Kier alpha value is -1.33. The van der Waals surface area contributed by atoms with Gasteiger partial charge in [-0.2, -0.15) is 0 Å². The first-order valence-electron chi connectivity index (χ1n) is 4.44. The highest BCUT2D eigenvalue weighted by Gasteiger charge is 2.13. The molecule has 0 saturated carbocycles. The highest BCUT2D eigenvalue weighted by Crippen LogP contribution is 2.22. The van der Waals surface area contributed by atoms with Gasteiger partial charge in [0.25, 0.3) is 0 Å². The molecule has 16 heavy (non-hydrogen) atoms. The van der Waals surface area contributed by atoms with E-state index in [0.717, 1.165) is 0 Å². The molecule has 1 rings (SSSR count). The zero-order chi connectivity index (χ0) is 11.4. The van der Waals surface area contributed by atoms with Gasteiger partial charge in [-0.15, -0.1) is 12.4 Å². The topological polar surface area (TPSA) is 83.5 Å². The number of benzene rings is 1. The van der Waals surface area contributed by atoms with Crippen molar-refractivity contribution in [3.8, 4) is 5.75 Å². The first-order chi connectivity index (χ1) is 7.06. The quantitative estimate of drug-likeness (QED) is 0.761. The van der Waals surface area contributed by atoms with Crippen LogP contribution < -0.4 is 5.73 Å². The van der Waals surface area contributed by atoms with Crippen molar-refractivity contribution in [2.75, 3.05) is 6.67 Å². The number of carboxylic acids is 1. The Labute approximate surface area is 98.3 Å². The summed E-state index contributed by atoms with van der Waals surface area (Å²) in [5, 5.41) is 17.9. The van der Waals surface area contributed by atoms with E-state index in [4.69, 9.17) is 10.8 Å². The van der Waals surface area contributed by atoms with Crippen molar-refractivity contribution in [1.29, 1.82) is 0 Å². The Kier molecular flexibility index (Phi) is 5.77. The third-order valence-electron chi connectivity index (χ3n) is 2.10. The van der Waals surface area contributed by atoms with E-state index in [1.165, 1.54) is 18.2 Å². The second-order valence-electron chi connectivity index (χ2n) is 3.17. The molecule has 0 aliphatic rings. The lowest BCUT2D eigenvalue weighted by molar-refractivity contribution is 0.0693. The highest BCUT2D eigenvalue weighted by atomic mass is 35.5.